The number of nitrogens with one attached hydrogen (secondary N) is 1. The molecule has 2 rings (SSSR count). The van der Waals surface area contributed by atoms with Crippen molar-refractivity contribution in [1.82, 2.24) is 4.98 Å². The van der Waals surface area contributed by atoms with Crippen molar-refractivity contribution < 1.29 is 0 Å². The average molecular weight is 215 g/mol. The van der Waals surface area contributed by atoms with E-state index in [4.69, 9.17) is 0 Å². The van der Waals surface area contributed by atoms with E-state index in [1.165, 1.54) is 16.5 Å². The molecule has 2 aromatic rings. The van der Waals surface area contributed by atoms with Gasteiger partial charge in [0.1, 0.15) is 0 Å². The zero-order valence-corrected chi connectivity index (χ0v) is 9.84. The Bertz CT molecular complexity index is 554. The standard InChI is InChI=1S/C14H17NO/c1-3-4-5-11-9-14(16)15-13-7-6-10(2)8-12(11)13/h6-9H,3-5H2,1-2H3,(H,15,16). The first kappa shape index (κ1) is 10.9. The largest absolute Gasteiger partial charge is 0.322 e. The molecule has 0 spiro atoms. The Kier molecular flexibility index (Phi) is 3.09. The number of rotatable bonds is 3. The van der Waals surface area contributed by atoms with Crippen molar-refractivity contribution in [2.24, 2.45) is 0 Å². The topological polar surface area (TPSA) is 32.9 Å². The van der Waals surface area contributed by atoms with Crippen LogP contribution in [-0.4, -0.2) is 4.98 Å². The highest BCUT2D eigenvalue weighted by atomic mass is 16.1. The lowest BCUT2D eigenvalue weighted by Gasteiger charge is -2.06. The van der Waals surface area contributed by atoms with E-state index in [9.17, 15) is 4.79 Å². The fraction of sp³-hybridized carbons (Fsp3) is 0.357. The summed E-state index contributed by atoms with van der Waals surface area (Å²) >= 11 is 0. The molecule has 0 amide bonds. The minimum atomic E-state index is 0.00227. The molecule has 0 fully saturated rings. The molecule has 0 radical (unpaired) electrons. The molecular weight excluding hydrogens is 198 g/mol. The van der Waals surface area contributed by atoms with Crippen LogP contribution in [0, 0.1) is 6.92 Å². The third-order valence-corrected chi connectivity index (χ3v) is 2.88. The van der Waals surface area contributed by atoms with Crippen LogP contribution in [0.1, 0.15) is 30.9 Å². The maximum Gasteiger partial charge on any atom is 0.248 e. The van der Waals surface area contributed by atoms with Crippen molar-refractivity contribution in [3.8, 4) is 0 Å². The Labute approximate surface area is 95.3 Å². The van der Waals surface area contributed by atoms with Gasteiger partial charge in [0.2, 0.25) is 5.56 Å². The molecule has 1 aromatic heterocycles. The summed E-state index contributed by atoms with van der Waals surface area (Å²) in [7, 11) is 0. The number of benzene rings is 1. The van der Waals surface area contributed by atoms with Gasteiger partial charge >= 0.3 is 0 Å². The van der Waals surface area contributed by atoms with Gasteiger partial charge in [0.15, 0.2) is 0 Å². The molecule has 16 heavy (non-hydrogen) atoms. The van der Waals surface area contributed by atoms with Gasteiger partial charge in [-0.05, 0) is 37.5 Å². The lowest BCUT2D eigenvalue weighted by Crippen LogP contribution is -2.06. The number of H-pyrrole nitrogens is 1. The highest BCUT2D eigenvalue weighted by Crippen LogP contribution is 2.18. The van der Waals surface area contributed by atoms with E-state index in [0.717, 1.165) is 24.8 Å². The summed E-state index contributed by atoms with van der Waals surface area (Å²) in [6, 6.07) is 7.90. The van der Waals surface area contributed by atoms with Crippen LogP contribution in [-0.2, 0) is 6.42 Å². The van der Waals surface area contributed by atoms with Gasteiger partial charge in [0.05, 0.1) is 0 Å². The molecule has 1 aromatic carbocycles. The van der Waals surface area contributed by atoms with Gasteiger partial charge in [-0.2, -0.15) is 0 Å². The number of hydrogen-bond donors (Lipinski definition) is 1. The normalized spacial score (nSPS) is 10.9. The Morgan fingerprint density at radius 2 is 2.06 bits per heavy atom. The number of aromatic amines is 1. The van der Waals surface area contributed by atoms with E-state index in [1.807, 2.05) is 12.1 Å². The number of aryl methyl sites for hydroxylation is 2. The third-order valence-electron chi connectivity index (χ3n) is 2.88. The maximum absolute atomic E-state index is 11.5. The van der Waals surface area contributed by atoms with Crippen molar-refractivity contribution >= 4 is 10.9 Å². The van der Waals surface area contributed by atoms with Crippen LogP contribution >= 0.6 is 0 Å². The molecule has 0 unspecified atom stereocenters. The van der Waals surface area contributed by atoms with Crippen molar-refractivity contribution in [1.29, 1.82) is 0 Å². The van der Waals surface area contributed by atoms with Crippen molar-refractivity contribution in [2.75, 3.05) is 0 Å². The summed E-state index contributed by atoms with van der Waals surface area (Å²) in [5.41, 5.74) is 3.35. The number of pyridine rings is 1. The number of unbranched alkanes of at least 4 members (excludes halogenated alkanes) is 1. The van der Waals surface area contributed by atoms with Gasteiger partial charge in [-0.15, -0.1) is 0 Å². The minimum absolute atomic E-state index is 0.00227. The summed E-state index contributed by atoms with van der Waals surface area (Å²) in [5, 5.41) is 1.19. The zero-order valence-electron chi connectivity index (χ0n) is 9.84. The summed E-state index contributed by atoms with van der Waals surface area (Å²) in [4.78, 5) is 14.4. The molecule has 1 N–H and O–H groups in total. The van der Waals surface area contributed by atoms with Crippen LogP contribution in [0.4, 0.5) is 0 Å². The molecule has 84 valence electrons. The highest BCUT2D eigenvalue weighted by molar-refractivity contribution is 5.82. The first-order valence-electron chi connectivity index (χ1n) is 5.83. The third kappa shape index (κ3) is 2.16. The van der Waals surface area contributed by atoms with E-state index < -0.39 is 0 Å². The lowest BCUT2D eigenvalue weighted by molar-refractivity contribution is 0.797. The predicted molar refractivity (Wildman–Crippen MR) is 67.9 cm³/mol. The van der Waals surface area contributed by atoms with Gasteiger partial charge in [-0.1, -0.05) is 25.0 Å². The van der Waals surface area contributed by atoms with Crippen LogP contribution < -0.4 is 5.56 Å². The second-order valence-electron chi connectivity index (χ2n) is 4.31. The molecule has 0 saturated heterocycles. The van der Waals surface area contributed by atoms with Gasteiger partial charge in [0, 0.05) is 17.0 Å². The molecule has 0 aliphatic carbocycles. The van der Waals surface area contributed by atoms with E-state index in [1.54, 1.807) is 6.07 Å². The Morgan fingerprint density at radius 1 is 1.25 bits per heavy atom. The first-order valence-corrected chi connectivity index (χ1v) is 5.83. The van der Waals surface area contributed by atoms with Gasteiger partial charge in [0.25, 0.3) is 0 Å². The molecule has 0 saturated carbocycles. The highest BCUT2D eigenvalue weighted by Gasteiger charge is 2.03. The quantitative estimate of drug-likeness (QED) is 0.838. The number of aromatic nitrogens is 1. The van der Waals surface area contributed by atoms with Crippen molar-refractivity contribution in [2.45, 2.75) is 33.1 Å². The Balaban J connectivity index is 2.60. The van der Waals surface area contributed by atoms with Gasteiger partial charge in [-0.3, -0.25) is 4.79 Å². The van der Waals surface area contributed by atoms with E-state index in [-0.39, 0.29) is 5.56 Å². The first-order chi connectivity index (χ1) is 7.70. The van der Waals surface area contributed by atoms with Crippen molar-refractivity contribution in [3.63, 3.8) is 0 Å². The summed E-state index contributed by atoms with van der Waals surface area (Å²) in [6.45, 7) is 4.24. The van der Waals surface area contributed by atoms with Crippen LogP contribution in [0.25, 0.3) is 10.9 Å². The van der Waals surface area contributed by atoms with Crippen LogP contribution in [0.3, 0.4) is 0 Å². The minimum Gasteiger partial charge on any atom is -0.322 e. The molecule has 0 atom stereocenters. The molecule has 1 heterocycles. The maximum atomic E-state index is 11.5. The van der Waals surface area contributed by atoms with Crippen LogP contribution in [0.2, 0.25) is 0 Å². The van der Waals surface area contributed by atoms with E-state index >= 15 is 0 Å². The molecule has 2 nitrogen and oxygen atoms in total. The molecule has 0 aliphatic rings. The second kappa shape index (κ2) is 4.52. The van der Waals surface area contributed by atoms with Crippen LogP contribution in [0.15, 0.2) is 29.1 Å². The summed E-state index contributed by atoms with van der Waals surface area (Å²) in [6.07, 6.45) is 3.27. The monoisotopic (exact) mass is 215 g/mol. The number of fused-ring (bicyclic) bond motifs is 1. The summed E-state index contributed by atoms with van der Waals surface area (Å²) in [5.74, 6) is 0. The predicted octanol–water partition coefficient (Wildman–Crippen LogP) is 3.18. The Morgan fingerprint density at radius 3 is 2.81 bits per heavy atom. The SMILES string of the molecule is CCCCc1cc(=O)[nH]c2ccc(C)cc12. The van der Waals surface area contributed by atoms with Crippen LogP contribution in [0.5, 0.6) is 0 Å². The zero-order chi connectivity index (χ0) is 11.5. The van der Waals surface area contributed by atoms with Gasteiger partial charge < -0.3 is 4.98 Å². The number of hydrogen-bond acceptors (Lipinski definition) is 1. The fourth-order valence-electron chi connectivity index (χ4n) is 2.01. The van der Waals surface area contributed by atoms with E-state index in [0.29, 0.717) is 0 Å². The molecule has 2 heteroatoms. The summed E-state index contributed by atoms with van der Waals surface area (Å²) < 4.78 is 0. The lowest BCUT2D eigenvalue weighted by atomic mass is 10.0. The smallest absolute Gasteiger partial charge is 0.248 e. The van der Waals surface area contributed by atoms with Crippen molar-refractivity contribution in [3.05, 3.63) is 45.7 Å². The Hall–Kier alpha value is -1.57. The average Bonchev–Trinajstić information content (AvgIpc) is 2.26. The molecular formula is C14H17NO. The van der Waals surface area contributed by atoms with E-state index in [2.05, 4.69) is 24.9 Å². The fourth-order valence-corrected chi connectivity index (χ4v) is 2.01. The second-order valence-corrected chi connectivity index (χ2v) is 4.31. The molecule has 0 aliphatic heterocycles. The molecule has 0 bridgehead atoms. The van der Waals surface area contributed by atoms with Gasteiger partial charge in [-0.25, -0.2) is 0 Å².